The van der Waals surface area contributed by atoms with Gasteiger partial charge in [0.1, 0.15) is 18.0 Å². The number of thiophene rings is 1. The molecule has 0 radical (unpaired) electrons. The van der Waals surface area contributed by atoms with Crippen LogP contribution in [0.4, 0.5) is 16.6 Å². The summed E-state index contributed by atoms with van der Waals surface area (Å²) in [4.78, 5) is 8.14. The second-order valence-corrected chi connectivity index (χ2v) is 3.59. The molecule has 14 heavy (non-hydrogen) atoms. The molecular weight excluding hydrogens is 196 g/mol. The lowest BCUT2D eigenvalue weighted by Crippen LogP contribution is -1.96. The highest BCUT2D eigenvalue weighted by Gasteiger charge is 1.97. The fourth-order valence-electron chi connectivity index (χ4n) is 1.04. The Kier molecular flexibility index (Phi) is 2.60. The van der Waals surface area contributed by atoms with Crippen LogP contribution in [0.3, 0.4) is 0 Å². The number of nitrogens with one attached hydrogen (secondary N) is 2. The van der Waals surface area contributed by atoms with Crippen molar-refractivity contribution in [1.82, 2.24) is 9.97 Å². The summed E-state index contributed by atoms with van der Waals surface area (Å²) in [7, 11) is 1.83. The largest absolute Gasteiger partial charge is 0.373 e. The molecule has 0 aliphatic rings. The zero-order chi connectivity index (χ0) is 9.80. The number of rotatable bonds is 3. The van der Waals surface area contributed by atoms with E-state index in [9.17, 15) is 0 Å². The quantitative estimate of drug-likeness (QED) is 0.809. The van der Waals surface area contributed by atoms with Gasteiger partial charge in [-0.15, -0.1) is 11.3 Å². The molecule has 72 valence electrons. The van der Waals surface area contributed by atoms with Gasteiger partial charge in [0, 0.05) is 13.1 Å². The summed E-state index contributed by atoms with van der Waals surface area (Å²) in [6, 6.07) is 5.86. The Morgan fingerprint density at radius 1 is 1.29 bits per heavy atom. The predicted octanol–water partition coefficient (Wildman–Crippen LogP) is 2.32. The lowest BCUT2D eigenvalue weighted by molar-refractivity contribution is 1.16. The molecule has 0 saturated carbocycles. The first kappa shape index (κ1) is 8.96. The summed E-state index contributed by atoms with van der Waals surface area (Å²) < 4.78 is 0. The summed E-state index contributed by atoms with van der Waals surface area (Å²) in [6.07, 6.45) is 1.53. The normalized spacial score (nSPS) is 9.79. The molecule has 0 atom stereocenters. The number of aromatic nitrogens is 2. The minimum absolute atomic E-state index is 0.798. The highest BCUT2D eigenvalue weighted by atomic mass is 32.1. The lowest BCUT2D eigenvalue weighted by atomic mass is 10.5. The summed E-state index contributed by atoms with van der Waals surface area (Å²) in [5.41, 5.74) is 0. The van der Waals surface area contributed by atoms with E-state index in [0.717, 1.165) is 16.6 Å². The van der Waals surface area contributed by atoms with Crippen LogP contribution in [0.2, 0.25) is 0 Å². The van der Waals surface area contributed by atoms with Gasteiger partial charge in [0.2, 0.25) is 0 Å². The molecule has 0 amide bonds. The second-order valence-electron chi connectivity index (χ2n) is 2.64. The smallest absolute Gasteiger partial charge is 0.136 e. The third-order valence-corrected chi connectivity index (χ3v) is 2.48. The lowest BCUT2D eigenvalue weighted by Gasteiger charge is -2.03. The van der Waals surface area contributed by atoms with Crippen LogP contribution in [0, 0.1) is 0 Å². The molecule has 2 aromatic rings. The van der Waals surface area contributed by atoms with Gasteiger partial charge in [-0.2, -0.15) is 0 Å². The number of anilines is 3. The summed E-state index contributed by atoms with van der Waals surface area (Å²) in [5.74, 6) is 1.60. The average Bonchev–Trinajstić information content (AvgIpc) is 2.71. The molecule has 0 aliphatic heterocycles. The van der Waals surface area contributed by atoms with Crippen LogP contribution in [0.1, 0.15) is 0 Å². The van der Waals surface area contributed by atoms with Crippen molar-refractivity contribution in [2.75, 3.05) is 17.7 Å². The molecule has 0 aliphatic carbocycles. The zero-order valence-electron chi connectivity index (χ0n) is 7.69. The minimum Gasteiger partial charge on any atom is -0.373 e. The van der Waals surface area contributed by atoms with Crippen LogP contribution >= 0.6 is 11.3 Å². The van der Waals surface area contributed by atoms with Crippen LogP contribution in [0.5, 0.6) is 0 Å². The maximum Gasteiger partial charge on any atom is 0.136 e. The Labute approximate surface area is 86.0 Å². The van der Waals surface area contributed by atoms with Crippen molar-refractivity contribution in [3.8, 4) is 0 Å². The first-order valence-electron chi connectivity index (χ1n) is 4.19. The van der Waals surface area contributed by atoms with Gasteiger partial charge in [0.05, 0.1) is 5.00 Å². The van der Waals surface area contributed by atoms with E-state index in [1.165, 1.54) is 6.33 Å². The van der Waals surface area contributed by atoms with Crippen LogP contribution in [-0.4, -0.2) is 17.0 Å². The van der Waals surface area contributed by atoms with Crippen molar-refractivity contribution < 1.29 is 0 Å². The van der Waals surface area contributed by atoms with Gasteiger partial charge in [0.15, 0.2) is 0 Å². The molecule has 0 saturated heterocycles. The summed E-state index contributed by atoms with van der Waals surface area (Å²) >= 11 is 1.64. The van der Waals surface area contributed by atoms with Crippen molar-refractivity contribution in [2.24, 2.45) is 0 Å². The van der Waals surface area contributed by atoms with E-state index in [2.05, 4.69) is 20.6 Å². The zero-order valence-corrected chi connectivity index (χ0v) is 8.51. The summed E-state index contributed by atoms with van der Waals surface area (Å²) in [6.45, 7) is 0. The highest BCUT2D eigenvalue weighted by Crippen LogP contribution is 2.20. The molecule has 0 spiro atoms. The van der Waals surface area contributed by atoms with Crippen molar-refractivity contribution in [3.05, 3.63) is 29.9 Å². The SMILES string of the molecule is CNc1cc(Nc2cccs2)ncn1. The van der Waals surface area contributed by atoms with Gasteiger partial charge in [-0.3, -0.25) is 0 Å². The van der Waals surface area contributed by atoms with Crippen LogP contribution in [0.25, 0.3) is 0 Å². The van der Waals surface area contributed by atoms with E-state index >= 15 is 0 Å². The molecule has 2 aromatic heterocycles. The van der Waals surface area contributed by atoms with Gasteiger partial charge in [-0.1, -0.05) is 0 Å². The van der Waals surface area contributed by atoms with E-state index in [4.69, 9.17) is 0 Å². The van der Waals surface area contributed by atoms with E-state index in [0.29, 0.717) is 0 Å². The van der Waals surface area contributed by atoms with Gasteiger partial charge in [-0.25, -0.2) is 9.97 Å². The first-order chi connectivity index (χ1) is 6.88. The van der Waals surface area contributed by atoms with Gasteiger partial charge in [-0.05, 0) is 17.5 Å². The highest BCUT2D eigenvalue weighted by molar-refractivity contribution is 7.14. The summed E-state index contributed by atoms with van der Waals surface area (Å²) in [5, 5.41) is 9.24. The molecule has 5 heteroatoms. The fraction of sp³-hybridized carbons (Fsp3) is 0.111. The van der Waals surface area contributed by atoms with Crippen LogP contribution in [0.15, 0.2) is 29.9 Å². The third kappa shape index (κ3) is 2.00. The van der Waals surface area contributed by atoms with Crippen LogP contribution in [-0.2, 0) is 0 Å². The van der Waals surface area contributed by atoms with Gasteiger partial charge in [0.25, 0.3) is 0 Å². The molecule has 0 aromatic carbocycles. The standard InChI is InChI=1S/C9H10N4S/c1-10-7-5-8(12-6-11-7)13-9-3-2-4-14-9/h2-6H,1H3,(H2,10,11,12,13). The number of hydrogen-bond donors (Lipinski definition) is 2. The number of nitrogens with zero attached hydrogens (tertiary/aromatic N) is 2. The van der Waals surface area contributed by atoms with E-state index in [-0.39, 0.29) is 0 Å². The van der Waals surface area contributed by atoms with Crippen molar-refractivity contribution in [3.63, 3.8) is 0 Å². The molecule has 4 nitrogen and oxygen atoms in total. The minimum atomic E-state index is 0.798. The van der Waals surface area contributed by atoms with E-state index in [1.807, 2.05) is 30.6 Å². The average molecular weight is 206 g/mol. The Bertz CT molecular complexity index is 399. The van der Waals surface area contributed by atoms with E-state index in [1.54, 1.807) is 11.3 Å². The van der Waals surface area contributed by atoms with Gasteiger partial charge < -0.3 is 10.6 Å². The van der Waals surface area contributed by atoms with Gasteiger partial charge >= 0.3 is 0 Å². The molecule has 0 bridgehead atoms. The maximum absolute atomic E-state index is 4.11. The van der Waals surface area contributed by atoms with Crippen molar-refractivity contribution in [2.45, 2.75) is 0 Å². The Balaban J connectivity index is 2.17. The molecule has 0 unspecified atom stereocenters. The van der Waals surface area contributed by atoms with Crippen LogP contribution < -0.4 is 10.6 Å². The van der Waals surface area contributed by atoms with E-state index < -0.39 is 0 Å². The maximum atomic E-state index is 4.11. The molecule has 0 fully saturated rings. The first-order valence-corrected chi connectivity index (χ1v) is 5.07. The predicted molar refractivity (Wildman–Crippen MR) is 59.2 cm³/mol. The monoisotopic (exact) mass is 206 g/mol. The fourth-order valence-corrected chi connectivity index (χ4v) is 1.66. The van der Waals surface area contributed by atoms with Crippen molar-refractivity contribution in [1.29, 1.82) is 0 Å². The third-order valence-electron chi connectivity index (χ3n) is 1.70. The Morgan fingerprint density at radius 3 is 2.86 bits per heavy atom. The topological polar surface area (TPSA) is 49.8 Å². The number of hydrogen-bond acceptors (Lipinski definition) is 5. The molecule has 2 heterocycles. The molecular formula is C9H10N4S. The Hall–Kier alpha value is -1.62. The second kappa shape index (κ2) is 4.06. The van der Waals surface area contributed by atoms with Crippen molar-refractivity contribution >= 4 is 28.0 Å². The Morgan fingerprint density at radius 2 is 2.14 bits per heavy atom. The molecule has 2 N–H and O–H groups in total. The molecule has 2 rings (SSSR count).